The van der Waals surface area contributed by atoms with Crippen LogP contribution in [0.1, 0.15) is 11.3 Å². The lowest BCUT2D eigenvalue weighted by atomic mass is 10.2. The van der Waals surface area contributed by atoms with E-state index in [-0.39, 0.29) is 6.54 Å². The zero-order chi connectivity index (χ0) is 13.1. The summed E-state index contributed by atoms with van der Waals surface area (Å²) in [6.45, 7) is 1.97. The van der Waals surface area contributed by atoms with Crippen LogP contribution in [0.25, 0.3) is 0 Å². The number of halogens is 2. The van der Waals surface area contributed by atoms with Crippen molar-refractivity contribution in [2.45, 2.75) is 26.4 Å². The van der Waals surface area contributed by atoms with Crippen molar-refractivity contribution in [1.29, 1.82) is 0 Å². The Labute approximate surface area is 103 Å². The van der Waals surface area contributed by atoms with Crippen LogP contribution in [-0.2, 0) is 20.1 Å². The first-order chi connectivity index (χ1) is 8.56. The molecule has 0 unspecified atom stereocenters. The maximum atomic E-state index is 12.3. The topological polar surface area (TPSA) is 47.7 Å². The molecule has 2 aromatic rings. The van der Waals surface area contributed by atoms with Gasteiger partial charge < -0.3 is 5.32 Å². The minimum absolute atomic E-state index is 0.362. The monoisotopic (exact) mass is 255 g/mol. The van der Waals surface area contributed by atoms with Gasteiger partial charge in [0, 0.05) is 31.0 Å². The van der Waals surface area contributed by atoms with Gasteiger partial charge in [0.2, 0.25) is 0 Å². The van der Waals surface area contributed by atoms with Crippen LogP contribution in [-0.4, -0.2) is 26.0 Å². The summed E-state index contributed by atoms with van der Waals surface area (Å²) in [6.07, 6.45) is 2.78. The SMILES string of the molecule is Cc1c(CNc2cnn(C)c2)cnn1CC(F)F. The molecule has 7 heteroatoms. The number of hydrogen-bond donors (Lipinski definition) is 1. The van der Waals surface area contributed by atoms with Crippen LogP contribution < -0.4 is 5.32 Å². The van der Waals surface area contributed by atoms with Crippen molar-refractivity contribution in [2.24, 2.45) is 7.05 Å². The summed E-state index contributed by atoms with van der Waals surface area (Å²) in [4.78, 5) is 0. The standard InChI is InChI=1S/C11H15F2N5/c1-8-9(4-16-18(8)7-11(12)13)3-14-10-5-15-17(2)6-10/h4-6,11,14H,3,7H2,1-2H3. The second-order valence-corrected chi connectivity index (χ2v) is 4.08. The molecule has 0 saturated heterocycles. The average Bonchev–Trinajstić information content (AvgIpc) is 2.85. The predicted octanol–water partition coefficient (Wildman–Crippen LogP) is 1.80. The molecule has 0 aliphatic heterocycles. The van der Waals surface area contributed by atoms with E-state index in [1.807, 2.05) is 13.2 Å². The van der Waals surface area contributed by atoms with E-state index in [2.05, 4.69) is 15.5 Å². The normalized spacial score (nSPS) is 11.2. The van der Waals surface area contributed by atoms with Gasteiger partial charge in [-0.15, -0.1) is 0 Å². The lowest BCUT2D eigenvalue weighted by Gasteiger charge is -2.05. The van der Waals surface area contributed by atoms with Gasteiger partial charge in [0.25, 0.3) is 6.43 Å². The Morgan fingerprint density at radius 1 is 1.33 bits per heavy atom. The highest BCUT2D eigenvalue weighted by Gasteiger charge is 2.10. The third-order valence-corrected chi connectivity index (χ3v) is 2.70. The molecule has 0 saturated carbocycles. The molecule has 0 radical (unpaired) electrons. The molecule has 2 rings (SSSR count). The molecule has 18 heavy (non-hydrogen) atoms. The highest BCUT2D eigenvalue weighted by atomic mass is 19.3. The lowest BCUT2D eigenvalue weighted by Crippen LogP contribution is -2.10. The summed E-state index contributed by atoms with van der Waals surface area (Å²) in [6, 6.07) is 0. The van der Waals surface area contributed by atoms with Gasteiger partial charge in [0.05, 0.1) is 18.1 Å². The first kappa shape index (κ1) is 12.5. The summed E-state index contributed by atoms with van der Waals surface area (Å²) in [5, 5.41) is 11.1. The number of anilines is 1. The molecule has 0 aliphatic carbocycles. The van der Waals surface area contributed by atoms with Gasteiger partial charge in [-0.3, -0.25) is 9.36 Å². The second-order valence-electron chi connectivity index (χ2n) is 4.08. The molecule has 0 aliphatic rings. The quantitative estimate of drug-likeness (QED) is 0.886. The highest BCUT2D eigenvalue weighted by molar-refractivity contribution is 5.39. The van der Waals surface area contributed by atoms with E-state index >= 15 is 0 Å². The fourth-order valence-corrected chi connectivity index (χ4v) is 1.68. The van der Waals surface area contributed by atoms with Crippen LogP contribution in [0, 0.1) is 6.92 Å². The van der Waals surface area contributed by atoms with Crippen LogP contribution in [0.2, 0.25) is 0 Å². The number of aryl methyl sites for hydroxylation is 1. The number of alkyl halides is 2. The van der Waals surface area contributed by atoms with E-state index in [1.54, 1.807) is 24.0 Å². The Morgan fingerprint density at radius 3 is 2.72 bits per heavy atom. The molecular formula is C11H15F2N5. The third-order valence-electron chi connectivity index (χ3n) is 2.70. The number of hydrogen-bond acceptors (Lipinski definition) is 3. The lowest BCUT2D eigenvalue weighted by molar-refractivity contribution is 0.121. The molecule has 98 valence electrons. The Balaban J connectivity index is 1.99. The van der Waals surface area contributed by atoms with Gasteiger partial charge in [-0.05, 0) is 6.92 Å². The minimum atomic E-state index is -2.39. The Bertz CT molecular complexity index is 517. The molecule has 0 aromatic carbocycles. The first-order valence-corrected chi connectivity index (χ1v) is 5.58. The number of nitrogens with zero attached hydrogens (tertiary/aromatic N) is 4. The van der Waals surface area contributed by atoms with Gasteiger partial charge in [-0.2, -0.15) is 10.2 Å². The van der Waals surface area contributed by atoms with E-state index in [0.717, 1.165) is 16.9 Å². The molecule has 0 spiro atoms. The van der Waals surface area contributed by atoms with Crippen molar-refractivity contribution in [3.8, 4) is 0 Å². The van der Waals surface area contributed by atoms with Crippen LogP contribution in [0.5, 0.6) is 0 Å². The largest absolute Gasteiger partial charge is 0.378 e. The molecule has 5 nitrogen and oxygen atoms in total. The van der Waals surface area contributed by atoms with Crippen LogP contribution in [0.4, 0.5) is 14.5 Å². The molecule has 0 fully saturated rings. The summed E-state index contributed by atoms with van der Waals surface area (Å²) in [5.41, 5.74) is 2.55. The van der Waals surface area contributed by atoms with Gasteiger partial charge in [0.15, 0.2) is 0 Å². The average molecular weight is 255 g/mol. The maximum Gasteiger partial charge on any atom is 0.257 e. The predicted molar refractivity (Wildman–Crippen MR) is 63.5 cm³/mol. The first-order valence-electron chi connectivity index (χ1n) is 5.58. The molecule has 2 aromatic heterocycles. The highest BCUT2D eigenvalue weighted by Crippen LogP contribution is 2.12. The van der Waals surface area contributed by atoms with Crippen molar-refractivity contribution >= 4 is 5.69 Å². The molecule has 0 amide bonds. The summed E-state index contributed by atoms with van der Waals surface area (Å²) < 4.78 is 27.6. The Kier molecular flexibility index (Phi) is 3.59. The van der Waals surface area contributed by atoms with Crippen molar-refractivity contribution < 1.29 is 8.78 Å². The third kappa shape index (κ3) is 2.85. The van der Waals surface area contributed by atoms with Crippen molar-refractivity contribution in [2.75, 3.05) is 5.32 Å². The zero-order valence-corrected chi connectivity index (χ0v) is 10.3. The molecule has 2 heterocycles. The second kappa shape index (κ2) is 5.16. The van der Waals surface area contributed by atoms with E-state index in [4.69, 9.17) is 0 Å². The van der Waals surface area contributed by atoms with E-state index < -0.39 is 6.43 Å². The molecular weight excluding hydrogens is 240 g/mol. The molecule has 1 N–H and O–H groups in total. The fraction of sp³-hybridized carbons (Fsp3) is 0.455. The number of aromatic nitrogens is 4. The van der Waals surface area contributed by atoms with Gasteiger partial charge in [-0.25, -0.2) is 8.78 Å². The van der Waals surface area contributed by atoms with Crippen LogP contribution in [0.3, 0.4) is 0 Å². The number of nitrogens with one attached hydrogen (secondary N) is 1. The van der Waals surface area contributed by atoms with Gasteiger partial charge in [0.1, 0.15) is 6.54 Å². The minimum Gasteiger partial charge on any atom is -0.378 e. The molecule has 0 atom stereocenters. The van der Waals surface area contributed by atoms with Crippen LogP contribution in [0.15, 0.2) is 18.6 Å². The zero-order valence-electron chi connectivity index (χ0n) is 10.3. The summed E-state index contributed by atoms with van der Waals surface area (Å²) in [7, 11) is 1.83. The van der Waals surface area contributed by atoms with E-state index in [1.165, 1.54) is 4.68 Å². The Hall–Kier alpha value is -1.92. The summed E-state index contributed by atoms with van der Waals surface area (Å²) in [5.74, 6) is 0. The van der Waals surface area contributed by atoms with Crippen molar-refractivity contribution in [3.63, 3.8) is 0 Å². The van der Waals surface area contributed by atoms with Crippen molar-refractivity contribution in [3.05, 3.63) is 29.8 Å². The number of rotatable bonds is 5. The summed E-state index contributed by atoms with van der Waals surface area (Å²) >= 11 is 0. The fourth-order valence-electron chi connectivity index (χ4n) is 1.68. The van der Waals surface area contributed by atoms with Crippen molar-refractivity contribution in [1.82, 2.24) is 19.6 Å². The van der Waals surface area contributed by atoms with E-state index in [9.17, 15) is 8.78 Å². The maximum absolute atomic E-state index is 12.3. The smallest absolute Gasteiger partial charge is 0.257 e. The van der Waals surface area contributed by atoms with Crippen LogP contribution >= 0.6 is 0 Å². The Morgan fingerprint density at radius 2 is 2.11 bits per heavy atom. The molecule has 0 bridgehead atoms. The van der Waals surface area contributed by atoms with E-state index in [0.29, 0.717) is 6.54 Å². The van der Waals surface area contributed by atoms with Gasteiger partial charge >= 0.3 is 0 Å². The van der Waals surface area contributed by atoms with Gasteiger partial charge in [-0.1, -0.05) is 0 Å².